The molecule has 0 spiro atoms. The number of pyridine rings is 1. The molecule has 142 valence electrons. The van der Waals surface area contributed by atoms with E-state index in [-0.39, 0.29) is 52.4 Å². The molecule has 2 heterocycles. The maximum absolute atomic E-state index is 14.4. The lowest BCUT2D eigenvalue weighted by molar-refractivity contribution is -0.123. The molecule has 1 saturated heterocycles. The number of benzene rings is 1. The summed E-state index contributed by atoms with van der Waals surface area (Å²) in [4.78, 5) is 16.7. The predicted octanol–water partition coefficient (Wildman–Crippen LogP) is 3.00. The van der Waals surface area contributed by atoms with Crippen LogP contribution in [0.25, 0.3) is 11.1 Å². The Morgan fingerprint density at radius 1 is 1.32 bits per heavy atom. The quantitative estimate of drug-likeness (QED) is 0.873. The van der Waals surface area contributed by atoms with E-state index in [1.165, 1.54) is 25.3 Å². The first-order valence-corrected chi connectivity index (χ1v) is 8.66. The van der Waals surface area contributed by atoms with Crippen LogP contribution in [0.15, 0.2) is 24.3 Å². The average molecular weight is 380 g/mol. The molecule has 1 unspecified atom stereocenters. The Morgan fingerprint density at radius 2 is 2.07 bits per heavy atom. The molecule has 8 heteroatoms. The van der Waals surface area contributed by atoms with E-state index >= 15 is 0 Å². The zero-order valence-corrected chi connectivity index (χ0v) is 15.2. The fourth-order valence-corrected chi connectivity index (χ4v) is 3.11. The Balaban J connectivity index is 2.15. The summed E-state index contributed by atoms with van der Waals surface area (Å²) >= 11 is 0. The summed E-state index contributed by atoms with van der Waals surface area (Å²) in [6.07, 6.45) is 1.41. The van der Waals surface area contributed by atoms with Gasteiger partial charge in [0.15, 0.2) is 5.82 Å². The van der Waals surface area contributed by atoms with Crippen molar-refractivity contribution in [1.82, 2.24) is 4.98 Å². The monoisotopic (exact) mass is 380 g/mol. The second-order valence-corrected chi connectivity index (χ2v) is 6.20. The molecular weight excluding hydrogens is 363 g/mol. The topological polar surface area (TPSA) is 108 Å². The van der Waals surface area contributed by atoms with Gasteiger partial charge in [-0.05, 0) is 18.9 Å². The van der Waals surface area contributed by atoms with Gasteiger partial charge in [0.05, 0.1) is 19.6 Å². The SMILES string of the molecule is COc1nc(NC(=O)C2CCCOC2)c(C#N)c(-c2ccccc2F)c1C#N. The van der Waals surface area contributed by atoms with Crippen molar-refractivity contribution in [2.24, 2.45) is 5.92 Å². The Bertz CT molecular complexity index is 988. The Labute approximate surface area is 161 Å². The zero-order valence-electron chi connectivity index (χ0n) is 15.2. The highest BCUT2D eigenvalue weighted by molar-refractivity contribution is 5.95. The average Bonchev–Trinajstić information content (AvgIpc) is 2.73. The number of hydrogen-bond donors (Lipinski definition) is 1. The predicted molar refractivity (Wildman–Crippen MR) is 97.8 cm³/mol. The summed E-state index contributed by atoms with van der Waals surface area (Å²) < 4.78 is 24.9. The van der Waals surface area contributed by atoms with Crippen molar-refractivity contribution in [1.29, 1.82) is 10.5 Å². The number of nitrogens with zero attached hydrogens (tertiary/aromatic N) is 3. The second-order valence-electron chi connectivity index (χ2n) is 6.20. The van der Waals surface area contributed by atoms with Gasteiger partial charge in [0, 0.05) is 17.7 Å². The minimum atomic E-state index is -0.610. The summed E-state index contributed by atoms with van der Waals surface area (Å²) in [5.74, 6) is -1.51. The van der Waals surface area contributed by atoms with Crippen molar-refractivity contribution < 1.29 is 18.7 Å². The summed E-state index contributed by atoms with van der Waals surface area (Å²) in [5.41, 5.74) is -0.103. The van der Waals surface area contributed by atoms with Gasteiger partial charge in [-0.3, -0.25) is 4.79 Å². The fourth-order valence-electron chi connectivity index (χ4n) is 3.11. The van der Waals surface area contributed by atoms with E-state index in [1.54, 1.807) is 6.07 Å². The van der Waals surface area contributed by atoms with Gasteiger partial charge in [-0.1, -0.05) is 18.2 Å². The number of amides is 1. The van der Waals surface area contributed by atoms with Gasteiger partial charge < -0.3 is 14.8 Å². The van der Waals surface area contributed by atoms with E-state index in [9.17, 15) is 19.7 Å². The molecule has 0 aliphatic carbocycles. The van der Waals surface area contributed by atoms with Crippen LogP contribution in [0.1, 0.15) is 24.0 Å². The molecule has 1 atom stereocenters. The molecule has 0 saturated carbocycles. The Morgan fingerprint density at radius 3 is 2.68 bits per heavy atom. The van der Waals surface area contributed by atoms with Gasteiger partial charge >= 0.3 is 0 Å². The number of methoxy groups -OCH3 is 1. The van der Waals surface area contributed by atoms with E-state index < -0.39 is 5.82 Å². The van der Waals surface area contributed by atoms with Crippen molar-refractivity contribution in [3.63, 3.8) is 0 Å². The number of rotatable bonds is 4. The molecule has 1 aromatic carbocycles. The lowest BCUT2D eigenvalue weighted by atomic mass is 9.95. The standard InChI is InChI=1S/C20H17FN4O3/c1-27-20-15(10-23)17(13-6-2-3-7-16(13)21)14(9-22)18(25-20)24-19(26)12-5-4-8-28-11-12/h2-3,6-7,12H,4-5,8,11H2,1H3,(H,24,25,26). The lowest BCUT2D eigenvalue weighted by Crippen LogP contribution is -2.30. The van der Waals surface area contributed by atoms with Gasteiger partial charge in [-0.25, -0.2) is 4.39 Å². The van der Waals surface area contributed by atoms with Crippen LogP contribution < -0.4 is 10.1 Å². The number of aromatic nitrogens is 1. The first kappa shape index (κ1) is 19.3. The van der Waals surface area contributed by atoms with E-state index in [2.05, 4.69) is 10.3 Å². The molecule has 1 aliphatic heterocycles. The van der Waals surface area contributed by atoms with Crippen LogP contribution >= 0.6 is 0 Å². The Hall–Kier alpha value is -3.49. The summed E-state index contributed by atoms with van der Waals surface area (Å²) in [5, 5.41) is 21.9. The maximum atomic E-state index is 14.4. The van der Waals surface area contributed by atoms with E-state index in [1.807, 2.05) is 12.1 Å². The van der Waals surface area contributed by atoms with Gasteiger partial charge in [-0.15, -0.1) is 0 Å². The van der Waals surface area contributed by atoms with Crippen LogP contribution in [0.5, 0.6) is 5.88 Å². The van der Waals surface area contributed by atoms with E-state index in [0.717, 1.165) is 6.42 Å². The number of hydrogen-bond acceptors (Lipinski definition) is 6. The first-order chi connectivity index (χ1) is 13.6. The highest BCUT2D eigenvalue weighted by Crippen LogP contribution is 2.37. The van der Waals surface area contributed by atoms with Crippen LogP contribution in [0.3, 0.4) is 0 Å². The van der Waals surface area contributed by atoms with Crippen molar-refractivity contribution in [3.8, 4) is 29.1 Å². The molecule has 0 bridgehead atoms. The van der Waals surface area contributed by atoms with Crippen LogP contribution in [-0.4, -0.2) is 31.2 Å². The van der Waals surface area contributed by atoms with Crippen molar-refractivity contribution in [2.75, 3.05) is 25.6 Å². The Kier molecular flexibility index (Phi) is 5.83. The number of nitriles is 2. The number of carbonyl (C=O) groups is 1. The number of halogens is 1. The molecule has 28 heavy (non-hydrogen) atoms. The second kappa shape index (κ2) is 8.47. The summed E-state index contributed by atoms with van der Waals surface area (Å²) in [6.45, 7) is 0.884. The molecule has 1 fully saturated rings. The van der Waals surface area contributed by atoms with Crippen molar-refractivity contribution >= 4 is 11.7 Å². The number of carbonyl (C=O) groups excluding carboxylic acids is 1. The minimum Gasteiger partial charge on any atom is -0.480 e. The van der Waals surface area contributed by atoms with Crippen molar-refractivity contribution in [2.45, 2.75) is 12.8 Å². The molecule has 3 rings (SSSR count). The molecule has 2 aromatic rings. The normalized spacial score (nSPS) is 15.9. The minimum absolute atomic E-state index is 0.0325. The fraction of sp³-hybridized carbons (Fsp3) is 0.300. The first-order valence-electron chi connectivity index (χ1n) is 8.66. The van der Waals surface area contributed by atoms with Crippen LogP contribution in [0.4, 0.5) is 10.2 Å². The molecule has 1 aliphatic rings. The molecule has 7 nitrogen and oxygen atoms in total. The largest absolute Gasteiger partial charge is 0.480 e. The number of anilines is 1. The molecule has 1 N–H and O–H groups in total. The lowest BCUT2D eigenvalue weighted by Gasteiger charge is -2.22. The zero-order chi connectivity index (χ0) is 20.1. The third kappa shape index (κ3) is 3.64. The smallest absolute Gasteiger partial charge is 0.234 e. The number of ether oxygens (including phenoxy) is 2. The van der Waals surface area contributed by atoms with Crippen LogP contribution in [0.2, 0.25) is 0 Å². The van der Waals surface area contributed by atoms with Crippen LogP contribution in [0, 0.1) is 34.4 Å². The number of nitrogens with one attached hydrogen (secondary N) is 1. The molecule has 0 radical (unpaired) electrons. The molecule has 1 amide bonds. The van der Waals surface area contributed by atoms with E-state index in [0.29, 0.717) is 13.0 Å². The van der Waals surface area contributed by atoms with Gasteiger partial charge in [0.1, 0.15) is 29.1 Å². The summed E-state index contributed by atoms with van der Waals surface area (Å²) in [6, 6.07) is 9.63. The maximum Gasteiger partial charge on any atom is 0.234 e. The third-order valence-electron chi connectivity index (χ3n) is 4.50. The van der Waals surface area contributed by atoms with E-state index in [4.69, 9.17) is 9.47 Å². The van der Waals surface area contributed by atoms with Gasteiger partial charge in [0.2, 0.25) is 11.8 Å². The molecular formula is C20H17FN4O3. The summed E-state index contributed by atoms with van der Waals surface area (Å²) in [7, 11) is 1.31. The molecule has 1 aromatic heterocycles. The highest BCUT2D eigenvalue weighted by Gasteiger charge is 2.27. The third-order valence-corrected chi connectivity index (χ3v) is 4.50. The highest BCUT2D eigenvalue weighted by atomic mass is 19.1. The van der Waals surface area contributed by atoms with Gasteiger partial charge in [0.25, 0.3) is 0 Å². The van der Waals surface area contributed by atoms with Crippen molar-refractivity contribution in [3.05, 3.63) is 41.2 Å². The van der Waals surface area contributed by atoms with Gasteiger partial charge in [-0.2, -0.15) is 15.5 Å². The van der Waals surface area contributed by atoms with Crippen LogP contribution in [-0.2, 0) is 9.53 Å².